The molecule has 5 unspecified atom stereocenters. The summed E-state index contributed by atoms with van der Waals surface area (Å²) < 4.78 is 0. The molecule has 0 spiro atoms. The van der Waals surface area contributed by atoms with Gasteiger partial charge in [-0.25, -0.2) is 4.79 Å². The number of rotatable bonds is 10. The van der Waals surface area contributed by atoms with E-state index in [1.54, 1.807) is 4.90 Å². The molecule has 2 aliphatic rings. The Bertz CT molecular complexity index is 676. The first-order chi connectivity index (χ1) is 14.7. The topological polar surface area (TPSA) is 133 Å². The average Bonchev–Trinajstić information content (AvgIpc) is 3.44. The summed E-state index contributed by atoms with van der Waals surface area (Å²) in [6, 6.07) is -2.94. The van der Waals surface area contributed by atoms with Crippen molar-refractivity contribution in [3.05, 3.63) is 0 Å². The van der Waals surface area contributed by atoms with Crippen LogP contribution in [-0.2, 0) is 19.2 Å². The molecule has 10 heteroatoms. The molecule has 2 aliphatic heterocycles. The summed E-state index contributed by atoms with van der Waals surface area (Å²) in [4.78, 5) is 53.6. The molecule has 4 N–H and O–H groups in total. The molecule has 0 aromatic carbocycles. The van der Waals surface area contributed by atoms with Crippen LogP contribution in [0.25, 0.3) is 0 Å². The summed E-state index contributed by atoms with van der Waals surface area (Å²) in [5.41, 5.74) is 6.13. The van der Waals surface area contributed by atoms with Gasteiger partial charge in [0, 0.05) is 13.1 Å². The molecular formula is C21H36N4O5S. The maximum atomic E-state index is 13.3. The minimum atomic E-state index is -1.08. The number of hydrogen-bond acceptors (Lipinski definition) is 6. The number of aliphatic carboxylic acids is 1. The highest BCUT2D eigenvalue weighted by Gasteiger charge is 2.43. The largest absolute Gasteiger partial charge is 0.480 e. The van der Waals surface area contributed by atoms with E-state index >= 15 is 0 Å². The first kappa shape index (κ1) is 25.5. The van der Waals surface area contributed by atoms with Crippen LogP contribution in [0, 0.1) is 5.92 Å². The second-order valence-electron chi connectivity index (χ2n) is 8.47. The third kappa shape index (κ3) is 6.12. The van der Waals surface area contributed by atoms with E-state index in [0.29, 0.717) is 44.5 Å². The Balaban J connectivity index is 2.08. The maximum Gasteiger partial charge on any atom is 0.326 e. The van der Waals surface area contributed by atoms with Crippen molar-refractivity contribution in [2.45, 2.75) is 76.5 Å². The summed E-state index contributed by atoms with van der Waals surface area (Å²) >= 11 is 1.51. The van der Waals surface area contributed by atoms with Crippen molar-refractivity contribution in [1.82, 2.24) is 15.1 Å². The standard InChI is InChI=1S/C21H36N4O5S/c1-4-13(2)17(22)20(28)25-11-6-8-16(25)19(27)24-10-5-7-15(24)18(26)23-14(21(29)30)9-12-31-3/h13-17H,4-12,22H2,1-3H3,(H,23,26)(H,29,30). The number of hydrogen-bond donors (Lipinski definition) is 3. The van der Waals surface area contributed by atoms with E-state index in [4.69, 9.17) is 5.73 Å². The zero-order chi connectivity index (χ0) is 23.1. The Morgan fingerprint density at radius 3 is 2.32 bits per heavy atom. The van der Waals surface area contributed by atoms with Crippen molar-refractivity contribution in [2.24, 2.45) is 11.7 Å². The first-order valence-corrected chi connectivity index (χ1v) is 12.5. The summed E-state index contributed by atoms with van der Waals surface area (Å²) in [5, 5.41) is 12.0. The van der Waals surface area contributed by atoms with Crippen LogP contribution < -0.4 is 11.1 Å². The van der Waals surface area contributed by atoms with Crippen LogP contribution in [0.1, 0.15) is 52.4 Å². The second kappa shape index (κ2) is 11.7. The number of amides is 3. The molecule has 0 saturated carbocycles. The number of nitrogens with one attached hydrogen (secondary N) is 1. The molecule has 2 fully saturated rings. The molecule has 3 amide bonds. The van der Waals surface area contributed by atoms with Crippen molar-refractivity contribution >= 4 is 35.5 Å². The Kier molecular flexibility index (Phi) is 9.61. The quantitative estimate of drug-likeness (QED) is 0.440. The predicted molar refractivity (Wildman–Crippen MR) is 119 cm³/mol. The third-order valence-corrected chi connectivity index (χ3v) is 7.07. The van der Waals surface area contributed by atoms with Crippen LogP contribution in [0.2, 0.25) is 0 Å². The molecule has 0 aromatic rings. The van der Waals surface area contributed by atoms with Gasteiger partial charge in [-0.15, -0.1) is 0 Å². The van der Waals surface area contributed by atoms with E-state index in [9.17, 15) is 24.3 Å². The smallest absolute Gasteiger partial charge is 0.326 e. The van der Waals surface area contributed by atoms with Gasteiger partial charge in [0.15, 0.2) is 0 Å². The number of carboxylic acids is 1. The Morgan fingerprint density at radius 2 is 1.74 bits per heavy atom. The van der Waals surface area contributed by atoms with Crippen LogP contribution in [0.15, 0.2) is 0 Å². The lowest BCUT2D eigenvalue weighted by atomic mass is 9.98. The van der Waals surface area contributed by atoms with Crippen LogP contribution in [0.3, 0.4) is 0 Å². The van der Waals surface area contributed by atoms with E-state index < -0.39 is 36.0 Å². The minimum Gasteiger partial charge on any atom is -0.480 e. The van der Waals surface area contributed by atoms with E-state index in [1.165, 1.54) is 16.7 Å². The van der Waals surface area contributed by atoms with Gasteiger partial charge < -0.3 is 26.0 Å². The molecular weight excluding hydrogens is 420 g/mol. The number of nitrogens with two attached hydrogens (primary N) is 1. The normalized spacial score (nSPS) is 24.0. The predicted octanol–water partition coefficient (Wildman–Crippen LogP) is 0.664. The van der Waals surface area contributed by atoms with Crippen LogP contribution in [-0.4, -0.2) is 87.9 Å². The van der Waals surface area contributed by atoms with Crippen molar-refractivity contribution in [3.8, 4) is 0 Å². The molecule has 2 rings (SSSR count). The van der Waals surface area contributed by atoms with Gasteiger partial charge in [-0.3, -0.25) is 14.4 Å². The minimum absolute atomic E-state index is 0.0170. The highest BCUT2D eigenvalue weighted by molar-refractivity contribution is 7.98. The number of likely N-dealkylation sites (tertiary alicyclic amines) is 2. The zero-order valence-electron chi connectivity index (χ0n) is 18.7. The monoisotopic (exact) mass is 456 g/mol. The van der Waals surface area contributed by atoms with Crippen LogP contribution >= 0.6 is 11.8 Å². The third-order valence-electron chi connectivity index (χ3n) is 6.43. The van der Waals surface area contributed by atoms with Crippen molar-refractivity contribution in [2.75, 3.05) is 25.1 Å². The Labute approximate surface area is 188 Å². The van der Waals surface area contributed by atoms with Crippen molar-refractivity contribution < 1.29 is 24.3 Å². The number of carbonyl (C=O) groups is 4. The lowest BCUT2D eigenvalue weighted by molar-refractivity contribution is -0.148. The maximum absolute atomic E-state index is 13.3. The summed E-state index contributed by atoms with van der Waals surface area (Å²) in [6.07, 6.45) is 5.39. The van der Waals surface area contributed by atoms with Gasteiger partial charge >= 0.3 is 5.97 Å². The summed E-state index contributed by atoms with van der Waals surface area (Å²) in [7, 11) is 0. The van der Waals surface area contributed by atoms with Crippen molar-refractivity contribution in [1.29, 1.82) is 0 Å². The van der Waals surface area contributed by atoms with Crippen molar-refractivity contribution in [3.63, 3.8) is 0 Å². The number of carbonyl (C=O) groups excluding carboxylic acids is 3. The zero-order valence-corrected chi connectivity index (χ0v) is 19.5. The van der Waals surface area contributed by atoms with Gasteiger partial charge in [-0.1, -0.05) is 20.3 Å². The molecule has 0 bridgehead atoms. The lowest BCUT2D eigenvalue weighted by Crippen LogP contribution is -2.56. The van der Waals surface area contributed by atoms with Gasteiger partial charge in [0.1, 0.15) is 18.1 Å². The Morgan fingerprint density at radius 1 is 1.13 bits per heavy atom. The fourth-order valence-electron chi connectivity index (χ4n) is 4.23. The highest BCUT2D eigenvalue weighted by Crippen LogP contribution is 2.26. The van der Waals surface area contributed by atoms with Gasteiger partial charge in [0.25, 0.3) is 0 Å². The molecule has 0 aliphatic carbocycles. The number of nitrogens with zero attached hydrogens (tertiary/aromatic N) is 2. The van der Waals surface area contributed by atoms with E-state index in [1.807, 2.05) is 20.1 Å². The SMILES string of the molecule is CCC(C)C(N)C(=O)N1CCCC1C(=O)N1CCCC1C(=O)NC(CCSC)C(=O)O. The molecule has 9 nitrogen and oxygen atoms in total. The van der Waals surface area contributed by atoms with Gasteiger partial charge in [-0.2, -0.15) is 11.8 Å². The average molecular weight is 457 g/mol. The van der Waals surface area contributed by atoms with Gasteiger partial charge in [0.05, 0.1) is 6.04 Å². The molecule has 0 radical (unpaired) electrons. The van der Waals surface area contributed by atoms with Gasteiger partial charge in [0.2, 0.25) is 17.7 Å². The fourth-order valence-corrected chi connectivity index (χ4v) is 4.70. The molecule has 2 saturated heterocycles. The van der Waals surface area contributed by atoms with E-state index in [0.717, 1.165) is 12.8 Å². The molecule has 5 atom stereocenters. The van der Waals surface area contributed by atoms with E-state index in [-0.39, 0.29) is 17.7 Å². The Hall–Kier alpha value is -1.81. The first-order valence-electron chi connectivity index (χ1n) is 11.1. The van der Waals surface area contributed by atoms with E-state index in [2.05, 4.69) is 5.32 Å². The molecule has 176 valence electrons. The summed E-state index contributed by atoms with van der Waals surface area (Å²) in [5.74, 6) is -1.34. The fraction of sp³-hybridized carbons (Fsp3) is 0.810. The lowest BCUT2D eigenvalue weighted by Gasteiger charge is -2.33. The van der Waals surface area contributed by atoms with Gasteiger partial charge in [-0.05, 0) is 50.0 Å². The molecule has 0 aromatic heterocycles. The van der Waals surface area contributed by atoms with Crippen LogP contribution in [0.5, 0.6) is 0 Å². The molecule has 31 heavy (non-hydrogen) atoms. The number of thioether (sulfide) groups is 1. The molecule has 2 heterocycles. The second-order valence-corrected chi connectivity index (χ2v) is 9.46. The van der Waals surface area contributed by atoms with Crippen LogP contribution in [0.4, 0.5) is 0 Å². The number of carboxylic acid groups (broad SMARTS) is 1. The highest BCUT2D eigenvalue weighted by atomic mass is 32.2. The summed E-state index contributed by atoms with van der Waals surface area (Å²) in [6.45, 7) is 4.81.